The van der Waals surface area contributed by atoms with Crippen LogP contribution in [-0.2, 0) is 6.18 Å². The molecule has 4 aromatic rings. The van der Waals surface area contributed by atoms with Crippen LogP contribution in [0.3, 0.4) is 0 Å². The van der Waals surface area contributed by atoms with Crippen molar-refractivity contribution in [2.45, 2.75) is 51.6 Å². The highest BCUT2D eigenvalue weighted by atomic mass is 19.4. The van der Waals surface area contributed by atoms with Crippen molar-refractivity contribution in [3.63, 3.8) is 0 Å². The van der Waals surface area contributed by atoms with Gasteiger partial charge in [-0.2, -0.15) is 18.3 Å². The smallest absolute Gasteiger partial charge is 0.416 e. The van der Waals surface area contributed by atoms with E-state index in [0.29, 0.717) is 49.7 Å². The van der Waals surface area contributed by atoms with E-state index in [4.69, 9.17) is 4.74 Å². The number of anilines is 1. The van der Waals surface area contributed by atoms with Gasteiger partial charge in [0.15, 0.2) is 0 Å². The lowest BCUT2D eigenvalue weighted by atomic mass is 9.49. The molecule has 0 unspecified atom stereocenters. The summed E-state index contributed by atoms with van der Waals surface area (Å²) in [4.78, 5) is 32.9. The van der Waals surface area contributed by atoms with Gasteiger partial charge < -0.3 is 19.4 Å². The zero-order chi connectivity index (χ0) is 36.9. The number of nitrogens with zero attached hydrogens (tertiary/aromatic N) is 5. The molecule has 278 valence electrons. The van der Waals surface area contributed by atoms with Crippen molar-refractivity contribution < 1.29 is 27.5 Å². The first-order chi connectivity index (χ1) is 25.4. The normalized spacial score (nSPS) is 23.7. The van der Waals surface area contributed by atoms with Crippen molar-refractivity contribution in [3.05, 3.63) is 95.8 Å². The summed E-state index contributed by atoms with van der Waals surface area (Å²) in [6.07, 6.45) is 6.50. The number of alkyl halides is 3. The van der Waals surface area contributed by atoms with Crippen molar-refractivity contribution >= 4 is 17.5 Å². The van der Waals surface area contributed by atoms with Gasteiger partial charge in [0.05, 0.1) is 24.1 Å². The van der Waals surface area contributed by atoms with Crippen LogP contribution in [0.5, 0.6) is 5.75 Å². The Balaban J connectivity index is 0.916. The van der Waals surface area contributed by atoms with E-state index in [0.717, 1.165) is 47.7 Å². The molecule has 1 aromatic heterocycles. The van der Waals surface area contributed by atoms with E-state index in [-0.39, 0.29) is 22.6 Å². The predicted molar refractivity (Wildman–Crippen MR) is 197 cm³/mol. The molecule has 9 rings (SSSR count). The molecule has 4 saturated carbocycles. The summed E-state index contributed by atoms with van der Waals surface area (Å²) in [5.74, 6) is 2.79. The van der Waals surface area contributed by atoms with E-state index in [1.807, 2.05) is 67.4 Å². The lowest BCUT2D eigenvalue weighted by Gasteiger charge is -2.57. The molecular formula is C42H46F3N5O3. The Labute approximate surface area is 308 Å². The number of piperazine rings is 1. The van der Waals surface area contributed by atoms with Gasteiger partial charge in [0, 0.05) is 68.3 Å². The molecule has 0 spiro atoms. The lowest BCUT2D eigenvalue weighted by molar-refractivity contribution is -0.137. The highest BCUT2D eigenvalue weighted by molar-refractivity contribution is 5.95. The van der Waals surface area contributed by atoms with Crippen LogP contribution in [0.15, 0.2) is 79.1 Å². The second-order valence-electron chi connectivity index (χ2n) is 15.8. The van der Waals surface area contributed by atoms with Gasteiger partial charge in [0.25, 0.3) is 11.8 Å². The standard InChI is InChI=1S/C42H46F3N5O3/c1-3-53-38-6-4-5-32(20-38)34-25-46-50(26-34)37-19-33(18-35(21-37)42(43,44)45)40(52)49-13-11-48(12-14-49)36-9-7-31(8-10-36)39(51)47(2)27-41-22-28-15-29(23-41)17-30(16-28)24-41/h4-10,18-21,25-26,28-30H,3,11-17,22-24,27H2,1-2H3. The van der Waals surface area contributed by atoms with Crippen LogP contribution in [0, 0.1) is 23.2 Å². The van der Waals surface area contributed by atoms with Crippen molar-refractivity contribution in [1.29, 1.82) is 0 Å². The maximum absolute atomic E-state index is 14.1. The van der Waals surface area contributed by atoms with E-state index in [1.54, 1.807) is 17.3 Å². The fourth-order valence-electron chi connectivity index (χ4n) is 10.0. The lowest BCUT2D eigenvalue weighted by Crippen LogP contribution is -2.51. The van der Waals surface area contributed by atoms with Crippen LogP contribution in [0.25, 0.3) is 16.8 Å². The highest BCUT2D eigenvalue weighted by Crippen LogP contribution is 2.60. The number of amides is 2. The molecule has 0 N–H and O–H groups in total. The topological polar surface area (TPSA) is 70.9 Å². The van der Waals surface area contributed by atoms with Crippen LogP contribution in [-0.4, -0.2) is 77.8 Å². The molecule has 1 saturated heterocycles. The first kappa shape index (κ1) is 35.2. The van der Waals surface area contributed by atoms with Gasteiger partial charge in [-0.15, -0.1) is 0 Å². The van der Waals surface area contributed by atoms with Crippen LogP contribution in [0.1, 0.15) is 71.7 Å². The Morgan fingerprint density at radius 2 is 1.53 bits per heavy atom. The van der Waals surface area contributed by atoms with Gasteiger partial charge in [0.1, 0.15) is 5.75 Å². The molecule has 5 fully saturated rings. The van der Waals surface area contributed by atoms with Crippen LogP contribution >= 0.6 is 0 Å². The molecule has 53 heavy (non-hydrogen) atoms. The Hall–Kier alpha value is -4.80. The molecular weight excluding hydrogens is 679 g/mol. The maximum Gasteiger partial charge on any atom is 0.416 e. The molecule has 3 aromatic carbocycles. The fraction of sp³-hybridized carbons (Fsp3) is 0.452. The van der Waals surface area contributed by atoms with Crippen LogP contribution < -0.4 is 9.64 Å². The van der Waals surface area contributed by atoms with Crippen LogP contribution in [0.4, 0.5) is 18.9 Å². The number of rotatable bonds is 9. The number of halogens is 3. The third-order valence-electron chi connectivity index (χ3n) is 11.9. The zero-order valence-corrected chi connectivity index (χ0v) is 30.3. The molecule has 0 radical (unpaired) electrons. The molecule has 1 aliphatic heterocycles. The monoisotopic (exact) mass is 725 g/mol. The van der Waals surface area contributed by atoms with E-state index >= 15 is 0 Å². The summed E-state index contributed by atoms with van der Waals surface area (Å²) in [5.41, 5.74) is 2.60. The summed E-state index contributed by atoms with van der Waals surface area (Å²) < 4.78 is 49.2. The van der Waals surface area contributed by atoms with E-state index in [2.05, 4.69) is 10.00 Å². The average Bonchev–Trinajstić information content (AvgIpc) is 3.64. The molecule has 8 nitrogen and oxygen atoms in total. The van der Waals surface area contributed by atoms with Gasteiger partial charge in [-0.05, 0) is 129 Å². The molecule has 4 bridgehead atoms. The second kappa shape index (κ2) is 13.9. The van der Waals surface area contributed by atoms with Gasteiger partial charge in [-0.3, -0.25) is 9.59 Å². The minimum atomic E-state index is -4.65. The van der Waals surface area contributed by atoms with E-state index in [9.17, 15) is 22.8 Å². The summed E-state index contributed by atoms with van der Waals surface area (Å²) >= 11 is 0. The quantitative estimate of drug-likeness (QED) is 0.174. The highest BCUT2D eigenvalue weighted by Gasteiger charge is 2.51. The summed E-state index contributed by atoms with van der Waals surface area (Å²) in [7, 11) is 1.94. The van der Waals surface area contributed by atoms with Gasteiger partial charge in [0.2, 0.25) is 0 Å². The number of aromatic nitrogens is 2. The minimum absolute atomic E-state index is 0.0424. The molecule has 2 amide bonds. The number of ether oxygens (including phenoxy) is 1. The van der Waals surface area contributed by atoms with E-state index < -0.39 is 17.6 Å². The van der Waals surface area contributed by atoms with Crippen LogP contribution in [0.2, 0.25) is 0 Å². The molecule has 2 heterocycles. The average molecular weight is 726 g/mol. The third kappa shape index (κ3) is 7.27. The molecule has 4 aliphatic carbocycles. The third-order valence-corrected chi connectivity index (χ3v) is 11.9. The Kier molecular flexibility index (Phi) is 9.23. The second-order valence-corrected chi connectivity index (χ2v) is 15.8. The number of carbonyl (C=O) groups excluding carboxylic acids is 2. The van der Waals surface area contributed by atoms with Crippen molar-refractivity contribution in [2.75, 3.05) is 51.3 Å². The van der Waals surface area contributed by atoms with Crippen molar-refractivity contribution in [1.82, 2.24) is 19.6 Å². The predicted octanol–water partition coefficient (Wildman–Crippen LogP) is 8.21. The minimum Gasteiger partial charge on any atom is -0.494 e. The Morgan fingerprint density at radius 1 is 0.849 bits per heavy atom. The van der Waals surface area contributed by atoms with Gasteiger partial charge in [-0.1, -0.05) is 12.1 Å². The molecule has 0 atom stereocenters. The number of carbonyl (C=O) groups is 2. The number of hydrogen-bond donors (Lipinski definition) is 0. The SMILES string of the molecule is CCOc1cccc(-c2cnn(-c3cc(C(=O)N4CCN(c5ccc(C(=O)N(C)CC67CC8CC(CC(C8)C6)C7)cc5)CC4)cc(C(F)(F)F)c3)c2)c1. The number of hydrogen-bond acceptors (Lipinski definition) is 5. The molecule has 5 aliphatic rings. The van der Waals surface area contributed by atoms with Gasteiger partial charge >= 0.3 is 6.18 Å². The number of benzene rings is 3. The molecule has 11 heteroatoms. The fourth-order valence-corrected chi connectivity index (χ4v) is 10.0. The van der Waals surface area contributed by atoms with Gasteiger partial charge in [-0.25, -0.2) is 4.68 Å². The largest absolute Gasteiger partial charge is 0.494 e. The maximum atomic E-state index is 14.1. The summed E-state index contributed by atoms with van der Waals surface area (Å²) in [5, 5.41) is 4.34. The Morgan fingerprint density at radius 3 is 2.17 bits per heavy atom. The van der Waals surface area contributed by atoms with Crippen molar-refractivity contribution in [2.24, 2.45) is 23.2 Å². The first-order valence-corrected chi connectivity index (χ1v) is 18.9. The summed E-state index contributed by atoms with van der Waals surface area (Å²) in [6, 6.07) is 18.5. The summed E-state index contributed by atoms with van der Waals surface area (Å²) in [6.45, 7) is 4.95. The Bertz CT molecular complexity index is 1950. The van der Waals surface area contributed by atoms with E-state index in [1.165, 1.54) is 49.3 Å². The first-order valence-electron chi connectivity index (χ1n) is 18.9. The van der Waals surface area contributed by atoms with Crippen molar-refractivity contribution in [3.8, 4) is 22.6 Å². The zero-order valence-electron chi connectivity index (χ0n) is 30.3.